The van der Waals surface area contributed by atoms with E-state index in [4.69, 9.17) is 11.6 Å². The standard InChI is InChI=1S/C10H15ClO/c1-6-5-8(10(3,4)11)9(12)7(6)2/h8H,5H2,1-4H3. The van der Waals surface area contributed by atoms with Crippen LogP contribution in [0.15, 0.2) is 11.1 Å². The van der Waals surface area contributed by atoms with Crippen molar-refractivity contribution in [1.82, 2.24) is 0 Å². The van der Waals surface area contributed by atoms with Crippen molar-refractivity contribution in [3.8, 4) is 0 Å². The number of carbonyl (C=O) groups is 1. The summed E-state index contributed by atoms with van der Waals surface area (Å²) in [6.45, 7) is 7.71. The fourth-order valence-corrected chi connectivity index (χ4v) is 1.75. The first-order valence-electron chi connectivity index (χ1n) is 4.23. The largest absolute Gasteiger partial charge is 0.294 e. The van der Waals surface area contributed by atoms with Crippen LogP contribution in [-0.4, -0.2) is 10.7 Å². The van der Waals surface area contributed by atoms with Crippen LogP contribution in [0, 0.1) is 5.92 Å². The van der Waals surface area contributed by atoms with Crippen molar-refractivity contribution in [2.24, 2.45) is 5.92 Å². The Morgan fingerprint density at radius 2 is 1.92 bits per heavy atom. The second-order valence-corrected chi connectivity index (χ2v) is 5.06. The lowest BCUT2D eigenvalue weighted by Gasteiger charge is -2.22. The fourth-order valence-electron chi connectivity index (χ4n) is 1.58. The molecule has 0 fully saturated rings. The van der Waals surface area contributed by atoms with Crippen molar-refractivity contribution >= 4 is 17.4 Å². The minimum Gasteiger partial charge on any atom is -0.294 e. The molecule has 0 bridgehead atoms. The molecular weight excluding hydrogens is 172 g/mol. The summed E-state index contributed by atoms with van der Waals surface area (Å²) in [4.78, 5) is 11.2. The average Bonchev–Trinajstić information content (AvgIpc) is 2.15. The van der Waals surface area contributed by atoms with E-state index in [-0.39, 0.29) is 11.7 Å². The van der Waals surface area contributed by atoms with Crippen LogP contribution in [0.25, 0.3) is 0 Å². The molecule has 1 rings (SSSR count). The van der Waals surface area contributed by atoms with Crippen LogP contribution >= 0.6 is 11.6 Å². The number of carbonyl (C=O) groups excluding carboxylic acids is 1. The van der Waals surface area contributed by atoms with Gasteiger partial charge in [0.2, 0.25) is 0 Å². The second kappa shape index (κ2) is 2.88. The number of hydrogen-bond donors (Lipinski definition) is 0. The molecule has 0 saturated carbocycles. The first-order chi connectivity index (χ1) is 5.34. The number of rotatable bonds is 1. The fraction of sp³-hybridized carbons (Fsp3) is 0.700. The molecule has 0 heterocycles. The van der Waals surface area contributed by atoms with Crippen molar-refractivity contribution in [1.29, 1.82) is 0 Å². The number of hydrogen-bond acceptors (Lipinski definition) is 1. The van der Waals surface area contributed by atoms with Crippen molar-refractivity contribution < 1.29 is 4.79 Å². The number of halogens is 1. The van der Waals surface area contributed by atoms with E-state index in [1.807, 2.05) is 27.7 Å². The summed E-state index contributed by atoms with van der Waals surface area (Å²) in [6.07, 6.45) is 0.834. The third-order valence-electron chi connectivity index (χ3n) is 2.67. The Labute approximate surface area is 78.8 Å². The molecule has 0 aliphatic heterocycles. The monoisotopic (exact) mass is 186 g/mol. The SMILES string of the molecule is CC1=C(C)C(=O)C(C(C)(C)Cl)C1. The molecule has 0 N–H and O–H groups in total. The third-order valence-corrected chi connectivity index (χ3v) is 2.93. The predicted molar refractivity (Wildman–Crippen MR) is 51.4 cm³/mol. The van der Waals surface area contributed by atoms with Crippen molar-refractivity contribution in [2.75, 3.05) is 0 Å². The molecule has 0 aromatic heterocycles. The van der Waals surface area contributed by atoms with Gasteiger partial charge in [-0.05, 0) is 39.7 Å². The van der Waals surface area contributed by atoms with Gasteiger partial charge in [0, 0.05) is 10.8 Å². The molecule has 1 atom stereocenters. The van der Waals surface area contributed by atoms with Crippen LogP contribution in [0.4, 0.5) is 0 Å². The molecule has 0 aromatic rings. The summed E-state index contributed by atoms with van der Waals surface area (Å²) in [5.41, 5.74) is 2.10. The predicted octanol–water partition coefficient (Wildman–Crippen LogP) is 2.93. The zero-order chi connectivity index (χ0) is 9.52. The molecule has 0 saturated heterocycles. The van der Waals surface area contributed by atoms with Gasteiger partial charge < -0.3 is 0 Å². The van der Waals surface area contributed by atoms with Crippen LogP contribution in [0.2, 0.25) is 0 Å². The number of alkyl halides is 1. The molecule has 68 valence electrons. The Hall–Kier alpha value is -0.300. The summed E-state index contributed by atoms with van der Waals surface area (Å²) in [5.74, 6) is 0.215. The lowest BCUT2D eigenvalue weighted by Crippen LogP contribution is -2.29. The number of ketones is 1. The molecule has 1 aliphatic rings. The van der Waals surface area contributed by atoms with E-state index in [2.05, 4.69) is 0 Å². The van der Waals surface area contributed by atoms with E-state index in [1.54, 1.807) is 0 Å². The second-order valence-electron chi connectivity index (χ2n) is 4.09. The van der Waals surface area contributed by atoms with Gasteiger partial charge in [-0.1, -0.05) is 5.57 Å². The third kappa shape index (κ3) is 1.56. The Morgan fingerprint density at radius 3 is 2.08 bits per heavy atom. The Kier molecular flexibility index (Phi) is 2.35. The maximum atomic E-state index is 11.6. The van der Waals surface area contributed by atoms with Crippen LogP contribution in [0.3, 0.4) is 0 Å². The van der Waals surface area contributed by atoms with Gasteiger partial charge in [0.25, 0.3) is 0 Å². The average molecular weight is 187 g/mol. The smallest absolute Gasteiger partial charge is 0.163 e. The molecule has 1 nitrogen and oxygen atoms in total. The molecule has 1 unspecified atom stereocenters. The number of allylic oxidation sites excluding steroid dienone is 2. The minimum atomic E-state index is -0.407. The summed E-state index contributed by atoms with van der Waals surface area (Å²) in [7, 11) is 0. The van der Waals surface area contributed by atoms with Gasteiger partial charge in [-0.25, -0.2) is 0 Å². The highest BCUT2D eigenvalue weighted by Crippen LogP contribution is 2.38. The lowest BCUT2D eigenvalue weighted by molar-refractivity contribution is -0.119. The summed E-state index contributed by atoms with van der Waals surface area (Å²) >= 11 is 6.12. The van der Waals surface area contributed by atoms with Crippen LogP contribution in [-0.2, 0) is 4.79 Å². The van der Waals surface area contributed by atoms with Crippen molar-refractivity contribution in [3.05, 3.63) is 11.1 Å². The van der Waals surface area contributed by atoms with Gasteiger partial charge in [-0.3, -0.25) is 4.79 Å². The Morgan fingerprint density at radius 1 is 1.42 bits per heavy atom. The molecule has 2 heteroatoms. The van der Waals surface area contributed by atoms with Crippen LogP contribution in [0.1, 0.15) is 34.1 Å². The van der Waals surface area contributed by atoms with Gasteiger partial charge >= 0.3 is 0 Å². The van der Waals surface area contributed by atoms with Crippen molar-refractivity contribution in [2.45, 2.75) is 39.0 Å². The van der Waals surface area contributed by atoms with Gasteiger partial charge in [-0.15, -0.1) is 11.6 Å². The molecule has 12 heavy (non-hydrogen) atoms. The molecule has 0 radical (unpaired) electrons. The van der Waals surface area contributed by atoms with E-state index in [0.29, 0.717) is 0 Å². The van der Waals surface area contributed by atoms with E-state index in [1.165, 1.54) is 5.57 Å². The summed E-state index contributed by atoms with van der Waals surface area (Å²) < 4.78 is 0. The van der Waals surface area contributed by atoms with Gasteiger partial charge in [0.1, 0.15) is 0 Å². The van der Waals surface area contributed by atoms with E-state index in [0.717, 1.165) is 12.0 Å². The topological polar surface area (TPSA) is 17.1 Å². The Bertz CT molecular complexity index is 245. The summed E-state index contributed by atoms with van der Waals surface area (Å²) in [6, 6.07) is 0. The van der Waals surface area contributed by atoms with Gasteiger partial charge in [0.05, 0.1) is 0 Å². The molecule has 1 aliphatic carbocycles. The quantitative estimate of drug-likeness (QED) is 0.576. The van der Waals surface area contributed by atoms with E-state index < -0.39 is 4.87 Å². The minimum absolute atomic E-state index is 0.0147. The molecular formula is C10H15ClO. The molecule has 0 aromatic carbocycles. The van der Waals surface area contributed by atoms with Gasteiger partial charge in [-0.2, -0.15) is 0 Å². The van der Waals surface area contributed by atoms with Crippen molar-refractivity contribution in [3.63, 3.8) is 0 Å². The molecule has 0 spiro atoms. The van der Waals surface area contributed by atoms with E-state index in [9.17, 15) is 4.79 Å². The zero-order valence-corrected chi connectivity index (χ0v) is 8.83. The maximum absolute atomic E-state index is 11.6. The highest BCUT2D eigenvalue weighted by Gasteiger charge is 2.38. The Balaban J connectivity index is 2.88. The van der Waals surface area contributed by atoms with E-state index >= 15 is 0 Å². The lowest BCUT2D eigenvalue weighted by atomic mass is 9.90. The zero-order valence-electron chi connectivity index (χ0n) is 8.07. The first-order valence-corrected chi connectivity index (χ1v) is 4.61. The summed E-state index contributed by atoms with van der Waals surface area (Å²) in [5, 5.41) is 0. The molecule has 0 amide bonds. The van der Waals surface area contributed by atoms with Crippen LogP contribution < -0.4 is 0 Å². The normalized spacial score (nSPS) is 25.4. The highest BCUT2D eigenvalue weighted by molar-refractivity contribution is 6.26. The number of Topliss-reactive ketones (excluding diaryl/α,β-unsaturated/α-hetero) is 1. The highest BCUT2D eigenvalue weighted by atomic mass is 35.5. The van der Waals surface area contributed by atoms with Crippen LogP contribution in [0.5, 0.6) is 0 Å². The maximum Gasteiger partial charge on any atom is 0.163 e. The first kappa shape index (κ1) is 9.79. The van der Waals surface area contributed by atoms with Gasteiger partial charge in [0.15, 0.2) is 5.78 Å².